The molecule has 0 radical (unpaired) electrons. The lowest BCUT2D eigenvalue weighted by atomic mass is 10.1. The molecule has 7 nitrogen and oxygen atoms in total. The van der Waals surface area contributed by atoms with Gasteiger partial charge in [0.2, 0.25) is 11.7 Å². The Morgan fingerprint density at radius 2 is 2.00 bits per heavy atom. The van der Waals surface area contributed by atoms with E-state index in [0.717, 1.165) is 17.5 Å². The highest BCUT2D eigenvalue weighted by Crippen LogP contribution is 2.22. The molecule has 0 fully saturated rings. The Morgan fingerprint density at radius 1 is 1.14 bits per heavy atom. The molecule has 0 aliphatic rings. The lowest BCUT2D eigenvalue weighted by molar-refractivity contribution is 0.250. The third-order valence-electron chi connectivity index (χ3n) is 4.55. The van der Waals surface area contributed by atoms with Crippen molar-refractivity contribution >= 4 is 22.6 Å². The number of amides is 2. The molecule has 0 aliphatic heterocycles. The van der Waals surface area contributed by atoms with Gasteiger partial charge in [0.15, 0.2) is 0 Å². The van der Waals surface area contributed by atoms with Gasteiger partial charge in [0.1, 0.15) is 0 Å². The molecular weight excluding hydrogens is 366 g/mol. The van der Waals surface area contributed by atoms with Gasteiger partial charge in [-0.25, -0.2) is 4.79 Å². The number of anilines is 1. The summed E-state index contributed by atoms with van der Waals surface area (Å²) >= 11 is 0. The standard InChI is InChI=1S/C22H23N5O2/c1-14(2)24-22(28)25-17-7-5-6-15(12-17)21-26-20(29-27-21)11-10-16-13-23-19-9-4-3-8-18(16)19/h3-9,12-14,23H,10-11H2,1-2H3,(H2,24,25,28). The van der Waals surface area contributed by atoms with Gasteiger partial charge < -0.3 is 20.1 Å². The van der Waals surface area contributed by atoms with Crippen LogP contribution < -0.4 is 10.6 Å². The predicted molar refractivity (Wildman–Crippen MR) is 113 cm³/mol. The van der Waals surface area contributed by atoms with E-state index in [1.165, 1.54) is 10.9 Å². The van der Waals surface area contributed by atoms with Crippen molar-refractivity contribution in [3.63, 3.8) is 0 Å². The highest BCUT2D eigenvalue weighted by molar-refractivity contribution is 5.90. The highest BCUT2D eigenvalue weighted by Gasteiger charge is 2.12. The van der Waals surface area contributed by atoms with Crippen LogP contribution in [-0.4, -0.2) is 27.2 Å². The number of rotatable bonds is 6. The van der Waals surface area contributed by atoms with Gasteiger partial charge in [-0.05, 0) is 44.0 Å². The number of hydrogen-bond acceptors (Lipinski definition) is 4. The van der Waals surface area contributed by atoms with Crippen molar-refractivity contribution in [1.82, 2.24) is 20.4 Å². The summed E-state index contributed by atoms with van der Waals surface area (Å²) in [7, 11) is 0. The number of fused-ring (bicyclic) bond motifs is 1. The average molecular weight is 389 g/mol. The van der Waals surface area contributed by atoms with Crippen molar-refractivity contribution in [2.45, 2.75) is 32.7 Å². The summed E-state index contributed by atoms with van der Waals surface area (Å²) in [6, 6.07) is 15.4. The third kappa shape index (κ3) is 4.45. The number of benzene rings is 2. The number of aromatic nitrogens is 3. The number of urea groups is 1. The fourth-order valence-corrected chi connectivity index (χ4v) is 3.22. The molecule has 0 bridgehead atoms. The van der Waals surface area contributed by atoms with E-state index in [9.17, 15) is 4.79 Å². The Bertz CT molecular complexity index is 1130. The van der Waals surface area contributed by atoms with Crippen molar-refractivity contribution in [3.8, 4) is 11.4 Å². The summed E-state index contributed by atoms with van der Waals surface area (Å²) in [5, 5.41) is 10.9. The molecule has 0 spiro atoms. The monoisotopic (exact) mass is 389 g/mol. The van der Waals surface area contributed by atoms with E-state index >= 15 is 0 Å². The van der Waals surface area contributed by atoms with E-state index < -0.39 is 0 Å². The van der Waals surface area contributed by atoms with Crippen LogP contribution in [0.4, 0.5) is 10.5 Å². The minimum Gasteiger partial charge on any atom is -0.361 e. The first-order chi connectivity index (χ1) is 14.1. The summed E-state index contributed by atoms with van der Waals surface area (Å²) in [4.78, 5) is 19.7. The fraction of sp³-hybridized carbons (Fsp3) is 0.227. The first-order valence-corrected chi connectivity index (χ1v) is 9.64. The number of aromatic amines is 1. The molecule has 2 aromatic heterocycles. The number of nitrogens with one attached hydrogen (secondary N) is 3. The van der Waals surface area contributed by atoms with Gasteiger partial charge in [-0.15, -0.1) is 0 Å². The molecule has 2 heterocycles. The maximum atomic E-state index is 11.9. The molecule has 29 heavy (non-hydrogen) atoms. The van der Waals surface area contributed by atoms with Crippen LogP contribution in [0.25, 0.3) is 22.3 Å². The lowest BCUT2D eigenvalue weighted by Crippen LogP contribution is -2.34. The second-order valence-electron chi connectivity index (χ2n) is 7.21. The molecular formula is C22H23N5O2. The van der Waals surface area contributed by atoms with Crippen LogP contribution in [0.15, 0.2) is 59.3 Å². The van der Waals surface area contributed by atoms with Gasteiger partial charge in [-0.1, -0.05) is 35.5 Å². The van der Waals surface area contributed by atoms with Crippen LogP contribution in [0.3, 0.4) is 0 Å². The first kappa shape index (κ1) is 18.7. The number of hydrogen-bond donors (Lipinski definition) is 3. The Morgan fingerprint density at radius 3 is 2.86 bits per heavy atom. The fourth-order valence-electron chi connectivity index (χ4n) is 3.22. The third-order valence-corrected chi connectivity index (χ3v) is 4.55. The van der Waals surface area contributed by atoms with Gasteiger partial charge in [-0.2, -0.15) is 4.98 Å². The molecule has 4 aromatic rings. The smallest absolute Gasteiger partial charge is 0.319 e. The van der Waals surface area contributed by atoms with E-state index in [2.05, 4.69) is 37.9 Å². The summed E-state index contributed by atoms with van der Waals surface area (Å²) in [5.74, 6) is 1.09. The molecule has 148 valence electrons. The Kier molecular flexibility index (Phi) is 5.29. The minimum atomic E-state index is -0.246. The lowest BCUT2D eigenvalue weighted by Gasteiger charge is -2.10. The Labute approximate surface area is 168 Å². The maximum Gasteiger partial charge on any atom is 0.319 e. The molecule has 0 atom stereocenters. The summed E-state index contributed by atoms with van der Waals surface area (Å²) < 4.78 is 5.43. The van der Waals surface area contributed by atoms with E-state index in [4.69, 9.17) is 4.52 Å². The molecule has 7 heteroatoms. The van der Waals surface area contributed by atoms with Crippen molar-refractivity contribution in [2.75, 3.05) is 5.32 Å². The molecule has 0 unspecified atom stereocenters. The largest absolute Gasteiger partial charge is 0.361 e. The van der Waals surface area contributed by atoms with Gasteiger partial charge in [-0.3, -0.25) is 0 Å². The van der Waals surface area contributed by atoms with Crippen molar-refractivity contribution in [1.29, 1.82) is 0 Å². The number of H-pyrrole nitrogens is 1. The van der Waals surface area contributed by atoms with Crippen LogP contribution in [-0.2, 0) is 12.8 Å². The quantitative estimate of drug-likeness (QED) is 0.451. The predicted octanol–water partition coefficient (Wildman–Crippen LogP) is 4.53. The van der Waals surface area contributed by atoms with E-state index in [1.807, 2.05) is 56.4 Å². The molecule has 3 N–H and O–H groups in total. The van der Waals surface area contributed by atoms with Gasteiger partial charge in [0.05, 0.1) is 0 Å². The Hall–Kier alpha value is -3.61. The van der Waals surface area contributed by atoms with Crippen molar-refractivity contribution < 1.29 is 9.32 Å². The van der Waals surface area contributed by atoms with Crippen LogP contribution in [0.5, 0.6) is 0 Å². The normalized spacial score (nSPS) is 11.1. The number of carbonyl (C=O) groups excluding carboxylic acids is 1. The Balaban J connectivity index is 1.43. The van der Waals surface area contributed by atoms with Crippen LogP contribution in [0.1, 0.15) is 25.3 Å². The van der Waals surface area contributed by atoms with E-state index in [-0.39, 0.29) is 12.1 Å². The SMILES string of the molecule is CC(C)NC(=O)Nc1cccc(-c2noc(CCc3c[nH]c4ccccc34)n2)c1. The molecule has 4 rings (SSSR count). The van der Waals surface area contributed by atoms with Gasteiger partial charge in [0, 0.05) is 40.8 Å². The molecule has 2 amide bonds. The first-order valence-electron chi connectivity index (χ1n) is 9.64. The summed E-state index contributed by atoms with van der Waals surface area (Å²) in [6.07, 6.45) is 3.49. The molecule has 2 aromatic carbocycles. The van der Waals surface area contributed by atoms with Crippen LogP contribution in [0.2, 0.25) is 0 Å². The second kappa shape index (κ2) is 8.18. The summed E-state index contributed by atoms with van der Waals surface area (Å²) in [6.45, 7) is 3.82. The highest BCUT2D eigenvalue weighted by atomic mass is 16.5. The second-order valence-corrected chi connectivity index (χ2v) is 7.21. The van der Waals surface area contributed by atoms with Gasteiger partial charge in [0.25, 0.3) is 0 Å². The minimum absolute atomic E-state index is 0.0649. The topological polar surface area (TPSA) is 95.8 Å². The summed E-state index contributed by atoms with van der Waals surface area (Å²) in [5.41, 5.74) is 3.81. The number of para-hydroxylation sites is 1. The zero-order valence-corrected chi connectivity index (χ0v) is 16.4. The van der Waals surface area contributed by atoms with Crippen molar-refractivity contribution in [2.24, 2.45) is 0 Å². The molecule has 0 saturated carbocycles. The van der Waals surface area contributed by atoms with Crippen LogP contribution >= 0.6 is 0 Å². The van der Waals surface area contributed by atoms with E-state index in [1.54, 1.807) is 0 Å². The number of nitrogens with zero attached hydrogens (tertiary/aromatic N) is 2. The zero-order valence-electron chi connectivity index (χ0n) is 16.4. The average Bonchev–Trinajstić information content (AvgIpc) is 3.33. The molecule has 0 aliphatic carbocycles. The van der Waals surface area contributed by atoms with Gasteiger partial charge >= 0.3 is 6.03 Å². The number of aryl methyl sites for hydroxylation is 2. The van der Waals surface area contributed by atoms with Crippen molar-refractivity contribution in [3.05, 3.63) is 66.2 Å². The zero-order chi connectivity index (χ0) is 20.2. The van der Waals surface area contributed by atoms with E-state index in [0.29, 0.717) is 23.8 Å². The maximum absolute atomic E-state index is 11.9. The number of carbonyl (C=O) groups is 1. The molecule has 0 saturated heterocycles. The van der Waals surface area contributed by atoms with Crippen LogP contribution in [0, 0.1) is 0 Å².